The molecule has 1 aliphatic rings. The second-order valence-corrected chi connectivity index (χ2v) is 5.11. The Bertz CT molecular complexity index is 397. The van der Waals surface area contributed by atoms with Gasteiger partial charge in [0.15, 0.2) is 0 Å². The van der Waals surface area contributed by atoms with Crippen LogP contribution in [0.4, 0.5) is 0 Å². The van der Waals surface area contributed by atoms with E-state index in [-0.39, 0.29) is 5.56 Å². The van der Waals surface area contributed by atoms with Crippen LogP contribution >= 0.6 is 11.8 Å². The van der Waals surface area contributed by atoms with Gasteiger partial charge in [0.05, 0.1) is 0 Å². The van der Waals surface area contributed by atoms with Gasteiger partial charge in [0.1, 0.15) is 0 Å². The monoisotopic (exact) mass is 209 g/mol. The molecule has 0 radical (unpaired) electrons. The lowest BCUT2D eigenvalue weighted by Gasteiger charge is -2.09. The summed E-state index contributed by atoms with van der Waals surface area (Å²) < 4.78 is 1.93. The summed E-state index contributed by atoms with van der Waals surface area (Å²) in [6.07, 6.45) is 1.11. The Morgan fingerprint density at radius 2 is 2.36 bits per heavy atom. The fraction of sp³-hybridized carbons (Fsp3) is 0.545. The van der Waals surface area contributed by atoms with Gasteiger partial charge in [-0.1, -0.05) is 13.0 Å². The van der Waals surface area contributed by atoms with Crippen LogP contribution in [0.25, 0.3) is 0 Å². The zero-order valence-corrected chi connectivity index (χ0v) is 9.43. The van der Waals surface area contributed by atoms with E-state index in [9.17, 15) is 4.79 Å². The van der Waals surface area contributed by atoms with Gasteiger partial charge in [-0.25, -0.2) is 0 Å². The van der Waals surface area contributed by atoms with E-state index in [2.05, 4.69) is 13.0 Å². The van der Waals surface area contributed by atoms with Crippen molar-refractivity contribution in [2.75, 3.05) is 5.75 Å². The van der Waals surface area contributed by atoms with E-state index in [0.29, 0.717) is 5.25 Å². The van der Waals surface area contributed by atoms with Crippen LogP contribution in [0.5, 0.6) is 0 Å². The predicted molar refractivity (Wildman–Crippen MR) is 60.9 cm³/mol. The van der Waals surface area contributed by atoms with Crippen LogP contribution in [0.1, 0.15) is 29.9 Å². The molecular weight excluding hydrogens is 194 g/mol. The molecule has 0 amide bonds. The Kier molecular flexibility index (Phi) is 2.68. The fourth-order valence-corrected chi connectivity index (χ4v) is 3.03. The number of thioether (sulfide) groups is 1. The molecule has 1 aromatic rings. The van der Waals surface area contributed by atoms with E-state index in [0.717, 1.165) is 24.3 Å². The first-order valence-electron chi connectivity index (χ1n) is 5.06. The maximum Gasteiger partial charge on any atom is 0.253 e. The predicted octanol–water partition coefficient (Wildman–Crippen LogP) is 2.35. The summed E-state index contributed by atoms with van der Waals surface area (Å²) in [6, 6.07) is 4.06. The van der Waals surface area contributed by atoms with E-state index in [4.69, 9.17) is 0 Å². The average molecular weight is 209 g/mol. The molecule has 0 saturated carbocycles. The van der Waals surface area contributed by atoms with Crippen molar-refractivity contribution >= 4 is 11.8 Å². The maximum atomic E-state index is 11.8. The lowest BCUT2D eigenvalue weighted by molar-refractivity contribution is 0.715. The lowest BCUT2D eigenvalue weighted by Crippen LogP contribution is -2.21. The van der Waals surface area contributed by atoms with Crippen molar-refractivity contribution in [1.29, 1.82) is 0 Å². The third kappa shape index (κ3) is 1.50. The number of pyridine rings is 1. The van der Waals surface area contributed by atoms with Gasteiger partial charge in [-0.15, -0.1) is 0 Å². The number of rotatable bonds is 2. The summed E-state index contributed by atoms with van der Waals surface area (Å²) >= 11 is 1.94. The summed E-state index contributed by atoms with van der Waals surface area (Å²) in [5.41, 5.74) is 2.27. The molecule has 0 bridgehead atoms. The molecule has 0 N–H and O–H groups in total. The van der Waals surface area contributed by atoms with Crippen molar-refractivity contribution in [3.05, 3.63) is 33.7 Å². The third-order valence-corrected chi connectivity index (χ3v) is 3.92. The number of aromatic nitrogens is 1. The topological polar surface area (TPSA) is 22.0 Å². The Morgan fingerprint density at radius 3 is 3.07 bits per heavy atom. The summed E-state index contributed by atoms with van der Waals surface area (Å²) in [4.78, 5) is 11.8. The van der Waals surface area contributed by atoms with Crippen LogP contribution in [-0.2, 0) is 6.54 Å². The van der Waals surface area contributed by atoms with Crippen LogP contribution in [-0.4, -0.2) is 10.3 Å². The van der Waals surface area contributed by atoms with E-state index in [1.165, 1.54) is 5.69 Å². The molecule has 0 saturated heterocycles. The van der Waals surface area contributed by atoms with Crippen molar-refractivity contribution in [1.82, 2.24) is 4.57 Å². The maximum absolute atomic E-state index is 11.8. The molecule has 0 fully saturated rings. The number of hydrogen-bond acceptors (Lipinski definition) is 2. The van der Waals surface area contributed by atoms with Crippen LogP contribution in [0, 0.1) is 6.92 Å². The SMILES string of the molecule is CCSC1CCn2c1ccc(C)c2=O. The molecule has 2 nitrogen and oxygen atoms in total. The first kappa shape index (κ1) is 9.84. The molecule has 14 heavy (non-hydrogen) atoms. The number of hydrogen-bond donors (Lipinski definition) is 0. The smallest absolute Gasteiger partial charge is 0.253 e. The quantitative estimate of drug-likeness (QED) is 0.746. The number of aryl methyl sites for hydroxylation is 1. The largest absolute Gasteiger partial charge is 0.311 e. The molecule has 1 unspecified atom stereocenters. The molecule has 3 heteroatoms. The van der Waals surface area contributed by atoms with Crippen LogP contribution < -0.4 is 5.56 Å². The highest BCUT2D eigenvalue weighted by molar-refractivity contribution is 7.99. The highest BCUT2D eigenvalue weighted by Gasteiger charge is 2.23. The Labute approximate surface area is 88.3 Å². The molecule has 0 aromatic carbocycles. The van der Waals surface area contributed by atoms with Crippen molar-refractivity contribution < 1.29 is 0 Å². The summed E-state index contributed by atoms with van der Waals surface area (Å²) in [5.74, 6) is 1.12. The van der Waals surface area contributed by atoms with Gasteiger partial charge < -0.3 is 4.57 Å². The Morgan fingerprint density at radius 1 is 1.57 bits per heavy atom. The van der Waals surface area contributed by atoms with Gasteiger partial charge >= 0.3 is 0 Å². The Hall–Kier alpha value is -0.700. The highest BCUT2D eigenvalue weighted by Crippen LogP contribution is 2.36. The van der Waals surface area contributed by atoms with Gasteiger partial charge in [0.25, 0.3) is 5.56 Å². The molecule has 0 spiro atoms. The van der Waals surface area contributed by atoms with Crippen molar-refractivity contribution in [2.24, 2.45) is 0 Å². The molecule has 76 valence electrons. The highest BCUT2D eigenvalue weighted by atomic mass is 32.2. The molecule has 0 aliphatic carbocycles. The van der Waals surface area contributed by atoms with Gasteiger partial charge in [0.2, 0.25) is 0 Å². The second-order valence-electron chi connectivity index (χ2n) is 3.63. The van der Waals surface area contributed by atoms with E-state index < -0.39 is 0 Å². The fourth-order valence-electron chi connectivity index (χ4n) is 1.98. The summed E-state index contributed by atoms with van der Waals surface area (Å²) in [6.45, 7) is 4.95. The molecule has 1 aromatic heterocycles. The molecule has 2 rings (SSSR count). The molecule has 1 atom stereocenters. The Balaban J connectivity index is 2.43. The normalized spacial score (nSPS) is 19.7. The van der Waals surface area contributed by atoms with E-state index in [1.807, 2.05) is 29.3 Å². The average Bonchev–Trinajstić information content (AvgIpc) is 2.57. The third-order valence-electron chi connectivity index (χ3n) is 2.71. The van der Waals surface area contributed by atoms with E-state index >= 15 is 0 Å². The summed E-state index contributed by atoms with van der Waals surface area (Å²) in [5, 5.41) is 0.535. The van der Waals surface area contributed by atoms with Gasteiger partial charge in [-0.3, -0.25) is 4.79 Å². The minimum absolute atomic E-state index is 0.196. The van der Waals surface area contributed by atoms with Crippen molar-refractivity contribution in [3.63, 3.8) is 0 Å². The summed E-state index contributed by atoms with van der Waals surface area (Å²) in [7, 11) is 0. The second kappa shape index (κ2) is 3.81. The lowest BCUT2D eigenvalue weighted by atomic mass is 10.2. The first-order chi connectivity index (χ1) is 6.74. The van der Waals surface area contributed by atoms with Gasteiger partial charge in [-0.05, 0) is 25.2 Å². The zero-order valence-electron chi connectivity index (χ0n) is 8.62. The van der Waals surface area contributed by atoms with Crippen LogP contribution in [0.2, 0.25) is 0 Å². The van der Waals surface area contributed by atoms with Gasteiger partial charge in [-0.2, -0.15) is 11.8 Å². The molecule has 1 aliphatic heterocycles. The standard InChI is InChI=1S/C11H15NOS/c1-3-14-10-6-7-12-9(10)5-4-8(2)11(12)13/h4-5,10H,3,6-7H2,1-2H3. The molecular formula is C11H15NOS. The van der Waals surface area contributed by atoms with Crippen molar-refractivity contribution in [2.45, 2.75) is 32.1 Å². The minimum atomic E-state index is 0.196. The molecule has 2 heterocycles. The minimum Gasteiger partial charge on any atom is -0.311 e. The zero-order chi connectivity index (χ0) is 10.1. The first-order valence-corrected chi connectivity index (χ1v) is 6.11. The van der Waals surface area contributed by atoms with Crippen molar-refractivity contribution in [3.8, 4) is 0 Å². The van der Waals surface area contributed by atoms with Crippen LogP contribution in [0.3, 0.4) is 0 Å². The van der Waals surface area contributed by atoms with Crippen LogP contribution in [0.15, 0.2) is 16.9 Å². The number of nitrogens with zero attached hydrogens (tertiary/aromatic N) is 1. The van der Waals surface area contributed by atoms with E-state index in [1.54, 1.807) is 0 Å². The number of fused-ring (bicyclic) bond motifs is 1. The van der Waals surface area contributed by atoms with Gasteiger partial charge in [0, 0.05) is 23.1 Å².